The number of hydrogen-bond acceptors (Lipinski definition) is 5. The summed E-state index contributed by atoms with van der Waals surface area (Å²) in [6.07, 6.45) is 1.85. The number of methoxy groups -OCH3 is 1. The first-order chi connectivity index (χ1) is 16.1. The highest BCUT2D eigenvalue weighted by Gasteiger charge is 2.23. The quantitative estimate of drug-likeness (QED) is 0.491. The van der Waals surface area contributed by atoms with Crippen molar-refractivity contribution in [1.29, 1.82) is 0 Å². The molecule has 33 heavy (non-hydrogen) atoms. The maximum atomic E-state index is 13.5. The molecule has 168 valence electrons. The Labute approximate surface area is 192 Å². The number of para-hydroxylation sites is 1. The molecule has 2 N–H and O–H groups in total. The smallest absolute Gasteiger partial charge is 0.252 e. The van der Waals surface area contributed by atoms with Crippen LogP contribution >= 0.6 is 0 Å². The number of amides is 1. The molecule has 2 aromatic carbocycles. The lowest BCUT2D eigenvalue weighted by molar-refractivity contribution is 0.0931. The Hall–Kier alpha value is -3.71. The Kier molecular flexibility index (Phi) is 5.79. The predicted octanol–water partition coefficient (Wildman–Crippen LogP) is 3.89. The third-order valence-corrected chi connectivity index (χ3v) is 6.12. The van der Waals surface area contributed by atoms with E-state index < -0.39 is 0 Å². The number of ether oxygens (including phenoxy) is 1. The standard InChI is InChI=1S/C26H27N5O2/c1-17-24-22(26(32)28-19-12-14-27-15-13-19)16-23(18-8-10-21(33-2)11-9-18)29-25(24)31(30-17)20-6-4-3-5-7-20/h3-11,16,19,27H,12-15H2,1-2H3,(H,28,32). The second-order valence-electron chi connectivity index (χ2n) is 8.31. The minimum absolute atomic E-state index is 0.0835. The van der Waals surface area contributed by atoms with Crippen molar-refractivity contribution in [2.45, 2.75) is 25.8 Å². The number of nitrogens with zero attached hydrogens (tertiary/aromatic N) is 3. The molecular weight excluding hydrogens is 414 g/mol. The molecule has 4 aromatic rings. The van der Waals surface area contributed by atoms with Crippen molar-refractivity contribution in [1.82, 2.24) is 25.4 Å². The molecule has 3 heterocycles. The number of rotatable bonds is 5. The molecule has 0 aliphatic carbocycles. The number of aryl methyl sites for hydroxylation is 1. The van der Waals surface area contributed by atoms with E-state index in [1.54, 1.807) is 7.11 Å². The number of aromatic nitrogens is 3. The van der Waals surface area contributed by atoms with Gasteiger partial charge in [0, 0.05) is 11.6 Å². The van der Waals surface area contributed by atoms with Gasteiger partial charge in [0.15, 0.2) is 5.65 Å². The molecule has 1 aliphatic rings. The summed E-state index contributed by atoms with van der Waals surface area (Å²) in [4.78, 5) is 18.5. The van der Waals surface area contributed by atoms with E-state index in [0.717, 1.165) is 59.7 Å². The van der Waals surface area contributed by atoms with Crippen LogP contribution in [0.4, 0.5) is 0 Å². The molecule has 1 saturated heterocycles. The summed E-state index contributed by atoms with van der Waals surface area (Å²) in [6, 6.07) is 19.6. The number of pyridine rings is 1. The van der Waals surface area contributed by atoms with E-state index in [0.29, 0.717) is 11.2 Å². The van der Waals surface area contributed by atoms with Crippen molar-refractivity contribution < 1.29 is 9.53 Å². The van der Waals surface area contributed by atoms with Crippen LogP contribution in [0.25, 0.3) is 28.0 Å². The Bertz CT molecular complexity index is 1280. The van der Waals surface area contributed by atoms with Crippen LogP contribution in [0.15, 0.2) is 60.7 Å². The lowest BCUT2D eigenvalue weighted by Crippen LogP contribution is -2.42. The maximum absolute atomic E-state index is 13.5. The molecule has 0 unspecified atom stereocenters. The third-order valence-electron chi connectivity index (χ3n) is 6.12. The van der Waals surface area contributed by atoms with Crippen molar-refractivity contribution in [2.24, 2.45) is 0 Å². The summed E-state index contributed by atoms with van der Waals surface area (Å²) in [5.41, 5.74) is 4.58. The summed E-state index contributed by atoms with van der Waals surface area (Å²) in [7, 11) is 1.64. The molecule has 7 nitrogen and oxygen atoms in total. The first-order valence-electron chi connectivity index (χ1n) is 11.3. The van der Waals surface area contributed by atoms with Gasteiger partial charge in [0.1, 0.15) is 5.75 Å². The second kappa shape index (κ2) is 9.03. The van der Waals surface area contributed by atoms with E-state index >= 15 is 0 Å². The largest absolute Gasteiger partial charge is 0.497 e. The van der Waals surface area contributed by atoms with Crippen molar-refractivity contribution in [3.05, 3.63) is 71.9 Å². The number of piperidine rings is 1. The molecule has 1 aliphatic heterocycles. The first-order valence-corrected chi connectivity index (χ1v) is 11.3. The van der Waals surface area contributed by atoms with Gasteiger partial charge in [-0.3, -0.25) is 4.79 Å². The van der Waals surface area contributed by atoms with Gasteiger partial charge in [-0.2, -0.15) is 5.10 Å². The van der Waals surface area contributed by atoms with Gasteiger partial charge in [-0.15, -0.1) is 0 Å². The zero-order valence-electron chi connectivity index (χ0n) is 18.8. The minimum Gasteiger partial charge on any atom is -0.497 e. The highest BCUT2D eigenvalue weighted by atomic mass is 16.5. The normalized spacial score (nSPS) is 14.4. The Balaban J connectivity index is 1.66. The highest BCUT2D eigenvalue weighted by molar-refractivity contribution is 6.07. The Morgan fingerprint density at radius 2 is 1.82 bits per heavy atom. The molecule has 1 fully saturated rings. The minimum atomic E-state index is -0.0835. The highest BCUT2D eigenvalue weighted by Crippen LogP contribution is 2.30. The van der Waals surface area contributed by atoms with Crippen molar-refractivity contribution >= 4 is 16.9 Å². The molecule has 0 bridgehead atoms. The van der Waals surface area contributed by atoms with Crippen molar-refractivity contribution in [3.63, 3.8) is 0 Å². The number of fused-ring (bicyclic) bond motifs is 1. The van der Waals surface area contributed by atoms with Gasteiger partial charge in [-0.1, -0.05) is 18.2 Å². The molecule has 7 heteroatoms. The van der Waals surface area contributed by atoms with Crippen LogP contribution in [0.3, 0.4) is 0 Å². The number of nitrogens with one attached hydrogen (secondary N) is 2. The van der Waals surface area contributed by atoms with Gasteiger partial charge in [0.05, 0.1) is 35.1 Å². The van der Waals surface area contributed by atoms with Crippen molar-refractivity contribution in [2.75, 3.05) is 20.2 Å². The van der Waals surface area contributed by atoms with E-state index in [1.165, 1.54) is 0 Å². The van der Waals surface area contributed by atoms with Crippen LogP contribution in [-0.4, -0.2) is 46.9 Å². The van der Waals surface area contributed by atoms with Gasteiger partial charge in [-0.25, -0.2) is 9.67 Å². The third kappa shape index (κ3) is 4.19. The summed E-state index contributed by atoms with van der Waals surface area (Å²) in [6.45, 7) is 3.76. The topological polar surface area (TPSA) is 81.1 Å². The van der Waals surface area contributed by atoms with Crippen LogP contribution in [0.5, 0.6) is 5.75 Å². The molecule has 5 rings (SSSR count). The van der Waals surface area contributed by atoms with Gasteiger partial charge in [-0.05, 0) is 75.3 Å². The molecule has 0 atom stereocenters. The summed E-state index contributed by atoms with van der Waals surface area (Å²) in [5.74, 6) is 0.689. The monoisotopic (exact) mass is 441 g/mol. The number of hydrogen-bond donors (Lipinski definition) is 2. The van der Waals surface area contributed by atoms with Crippen molar-refractivity contribution in [3.8, 4) is 22.7 Å². The van der Waals surface area contributed by atoms with Gasteiger partial charge >= 0.3 is 0 Å². The average Bonchev–Trinajstić information content (AvgIpc) is 3.21. The van der Waals surface area contributed by atoms with E-state index in [4.69, 9.17) is 14.8 Å². The average molecular weight is 442 g/mol. The van der Waals surface area contributed by atoms with E-state index in [2.05, 4.69) is 10.6 Å². The van der Waals surface area contributed by atoms with Crippen LogP contribution in [0, 0.1) is 6.92 Å². The zero-order chi connectivity index (χ0) is 22.8. The summed E-state index contributed by atoms with van der Waals surface area (Å²) >= 11 is 0. The van der Waals surface area contributed by atoms with E-state index in [9.17, 15) is 4.79 Å². The van der Waals surface area contributed by atoms with Crippen LogP contribution in [0.1, 0.15) is 28.9 Å². The second-order valence-corrected chi connectivity index (χ2v) is 8.31. The van der Waals surface area contributed by atoms with E-state index in [-0.39, 0.29) is 11.9 Å². The molecule has 2 aromatic heterocycles. The lowest BCUT2D eigenvalue weighted by atomic mass is 10.0. The number of carbonyl (C=O) groups excluding carboxylic acids is 1. The Morgan fingerprint density at radius 1 is 1.09 bits per heavy atom. The molecule has 0 radical (unpaired) electrons. The molecule has 1 amide bonds. The lowest BCUT2D eigenvalue weighted by Gasteiger charge is -2.24. The van der Waals surface area contributed by atoms with E-state index in [1.807, 2.05) is 72.3 Å². The first kappa shape index (κ1) is 21.2. The predicted molar refractivity (Wildman–Crippen MR) is 129 cm³/mol. The number of benzene rings is 2. The molecule has 0 spiro atoms. The molecule has 0 saturated carbocycles. The Morgan fingerprint density at radius 3 is 2.52 bits per heavy atom. The fraction of sp³-hybridized carbons (Fsp3) is 0.269. The number of carbonyl (C=O) groups is 1. The van der Waals surface area contributed by atoms with Crippen LogP contribution in [-0.2, 0) is 0 Å². The van der Waals surface area contributed by atoms with Crippen LogP contribution in [0.2, 0.25) is 0 Å². The maximum Gasteiger partial charge on any atom is 0.252 e. The summed E-state index contributed by atoms with van der Waals surface area (Å²) < 4.78 is 7.12. The van der Waals surface area contributed by atoms with Crippen LogP contribution < -0.4 is 15.4 Å². The SMILES string of the molecule is COc1ccc(-c2cc(C(=O)NC3CCNCC3)c3c(C)nn(-c4ccccc4)c3n2)cc1. The zero-order valence-corrected chi connectivity index (χ0v) is 18.8. The summed E-state index contributed by atoms with van der Waals surface area (Å²) in [5, 5.41) is 12.1. The molecular formula is C26H27N5O2. The van der Waals surface area contributed by atoms with Gasteiger partial charge in [0.2, 0.25) is 0 Å². The fourth-order valence-corrected chi connectivity index (χ4v) is 4.36. The van der Waals surface area contributed by atoms with Gasteiger partial charge in [0.25, 0.3) is 5.91 Å². The van der Waals surface area contributed by atoms with Gasteiger partial charge < -0.3 is 15.4 Å². The fourth-order valence-electron chi connectivity index (χ4n) is 4.36.